The third-order valence-electron chi connectivity index (χ3n) is 7.05. The summed E-state index contributed by atoms with van der Waals surface area (Å²) in [4.78, 5) is 36.8. The van der Waals surface area contributed by atoms with E-state index in [1.165, 1.54) is 71.1 Å². The minimum atomic E-state index is -0.0900. The molecule has 0 bridgehead atoms. The van der Waals surface area contributed by atoms with Gasteiger partial charge in [-0.25, -0.2) is 0 Å². The van der Waals surface area contributed by atoms with Crippen LogP contribution in [0.5, 0.6) is 0 Å². The molecule has 1 aliphatic rings. The van der Waals surface area contributed by atoms with Crippen molar-refractivity contribution in [2.24, 2.45) is 0 Å². The van der Waals surface area contributed by atoms with Crippen LogP contribution < -0.4 is 0 Å². The number of rotatable bonds is 9. The highest BCUT2D eigenvalue weighted by molar-refractivity contribution is 7.29. The third kappa shape index (κ3) is 5.46. The van der Waals surface area contributed by atoms with E-state index in [1.807, 2.05) is 46.1 Å². The van der Waals surface area contributed by atoms with Crippen LogP contribution in [-0.2, 0) is 6.42 Å². The summed E-state index contributed by atoms with van der Waals surface area (Å²) in [5, 5.41) is 0. The van der Waals surface area contributed by atoms with Gasteiger partial charge in [0.15, 0.2) is 5.78 Å². The molecule has 198 valence electrons. The molecule has 0 atom stereocenters. The topological polar surface area (TPSA) is 37.4 Å². The zero-order chi connectivity index (χ0) is 26.9. The number of hydrogen-bond acceptors (Lipinski definition) is 6. The van der Waals surface area contributed by atoms with E-state index in [2.05, 4.69) is 55.5 Å². The molecule has 0 aliphatic carbocycles. The molecule has 7 heteroatoms. The van der Waals surface area contributed by atoms with Gasteiger partial charge < -0.3 is 4.90 Å². The van der Waals surface area contributed by atoms with Crippen LogP contribution in [0.15, 0.2) is 66.7 Å². The van der Waals surface area contributed by atoms with Crippen molar-refractivity contribution in [3.8, 4) is 39.7 Å². The van der Waals surface area contributed by atoms with Gasteiger partial charge in [0.05, 0.1) is 12.1 Å². The Bertz CT molecular complexity index is 1650. The maximum atomic E-state index is 12.6. The molecule has 0 fully saturated rings. The van der Waals surface area contributed by atoms with Crippen molar-refractivity contribution < 1.29 is 9.59 Å². The van der Waals surface area contributed by atoms with E-state index < -0.39 is 0 Å². The summed E-state index contributed by atoms with van der Waals surface area (Å²) in [6.45, 7) is 2.40. The molecule has 6 rings (SSSR count). The van der Waals surface area contributed by atoms with Gasteiger partial charge in [-0.1, -0.05) is 32.3 Å². The summed E-state index contributed by atoms with van der Waals surface area (Å²) in [5.74, 6) is -0.0949. The number of carbonyl (C=O) groups is 2. The monoisotopic (exact) mass is 587 g/mol. The summed E-state index contributed by atoms with van der Waals surface area (Å²) in [6, 6.07) is 23.4. The second kappa shape index (κ2) is 11.3. The Morgan fingerprint density at radius 3 is 1.85 bits per heavy atom. The average molecular weight is 588 g/mol. The fraction of sp³-hybridized carbons (Fsp3) is 0.250. The van der Waals surface area contributed by atoms with Crippen LogP contribution in [0.3, 0.4) is 0 Å². The lowest BCUT2D eigenvalue weighted by Gasteiger charge is -2.23. The van der Waals surface area contributed by atoms with E-state index in [1.54, 1.807) is 24.5 Å². The largest absolute Gasteiger partial charge is 0.334 e. The molecule has 0 saturated heterocycles. The van der Waals surface area contributed by atoms with Gasteiger partial charge in [-0.15, -0.1) is 45.3 Å². The van der Waals surface area contributed by atoms with Crippen LogP contribution in [0.2, 0.25) is 0 Å². The number of nitrogens with zero attached hydrogens (tertiary/aromatic N) is 1. The zero-order valence-electron chi connectivity index (χ0n) is 22.0. The molecule has 39 heavy (non-hydrogen) atoms. The number of amides is 1. The Balaban J connectivity index is 1.17. The smallest absolute Gasteiger partial charge is 0.254 e. The van der Waals surface area contributed by atoms with Gasteiger partial charge in [-0.05, 0) is 79.1 Å². The molecule has 5 heterocycles. The van der Waals surface area contributed by atoms with Crippen LogP contribution in [0.25, 0.3) is 39.7 Å². The first kappa shape index (κ1) is 26.4. The van der Waals surface area contributed by atoms with Crippen LogP contribution in [0.4, 0.5) is 0 Å². The zero-order valence-corrected chi connectivity index (χ0v) is 25.3. The molecule has 0 N–H and O–H groups in total. The summed E-state index contributed by atoms with van der Waals surface area (Å²) < 4.78 is 0. The number of ketones is 1. The molecule has 0 unspecified atom stereocenters. The molecule has 1 aromatic carbocycles. The lowest BCUT2D eigenvalue weighted by molar-refractivity contribution is 0.0719. The van der Waals surface area contributed by atoms with Gasteiger partial charge in [0.1, 0.15) is 0 Å². The molecule has 0 saturated carbocycles. The third-order valence-corrected chi connectivity index (χ3v) is 12.1. The Morgan fingerprint density at radius 1 is 0.641 bits per heavy atom. The molecular weight excluding hydrogens is 559 g/mol. The van der Waals surface area contributed by atoms with Crippen molar-refractivity contribution in [1.82, 2.24) is 4.90 Å². The average Bonchev–Trinajstić information content (AvgIpc) is 3.75. The minimum absolute atomic E-state index is 0.00492. The second-order valence-electron chi connectivity index (χ2n) is 9.91. The molecule has 0 spiro atoms. The van der Waals surface area contributed by atoms with Gasteiger partial charge in [-0.2, -0.15) is 0 Å². The quantitative estimate of drug-likeness (QED) is 0.161. The van der Waals surface area contributed by atoms with Crippen molar-refractivity contribution in [1.29, 1.82) is 0 Å². The van der Waals surface area contributed by atoms with Gasteiger partial charge in [0.2, 0.25) is 0 Å². The van der Waals surface area contributed by atoms with Crippen LogP contribution in [0.1, 0.15) is 58.2 Å². The normalized spacial score (nSPS) is 13.3. The number of thiophene rings is 4. The van der Waals surface area contributed by atoms with Crippen molar-refractivity contribution in [3.63, 3.8) is 0 Å². The van der Waals surface area contributed by atoms with Gasteiger partial charge in [0, 0.05) is 51.6 Å². The minimum Gasteiger partial charge on any atom is -0.334 e. The number of Topliss-reactive ketones (excluding diaryl/α,β-unsaturated/α-hetero) is 1. The molecule has 1 amide bonds. The van der Waals surface area contributed by atoms with Gasteiger partial charge in [-0.3, -0.25) is 9.59 Å². The van der Waals surface area contributed by atoms with Crippen LogP contribution >= 0.6 is 45.3 Å². The van der Waals surface area contributed by atoms with E-state index >= 15 is 0 Å². The van der Waals surface area contributed by atoms with E-state index in [4.69, 9.17) is 0 Å². The fourth-order valence-corrected chi connectivity index (χ4v) is 9.23. The van der Waals surface area contributed by atoms with Crippen molar-refractivity contribution >= 4 is 57.0 Å². The van der Waals surface area contributed by atoms with Gasteiger partial charge >= 0.3 is 0 Å². The molecule has 4 aromatic heterocycles. The first-order chi connectivity index (χ1) is 19.0. The number of aryl methyl sites for hydroxylation is 1. The number of benzene rings is 1. The van der Waals surface area contributed by atoms with E-state index in [0.29, 0.717) is 11.1 Å². The lowest BCUT2D eigenvalue weighted by Crippen LogP contribution is -2.38. The maximum Gasteiger partial charge on any atom is 0.254 e. The Kier molecular flexibility index (Phi) is 7.67. The van der Waals surface area contributed by atoms with Crippen molar-refractivity contribution in [2.45, 2.75) is 39.0 Å². The first-order valence-electron chi connectivity index (χ1n) is 13.3. The number of carbonyl (C=O) groups excluding carboxylic acids is 2. The number of likely N-dealkylation sites (N-methyl/N-ethyl adjacent to an activating group) is 1. The molecule has 0 radical (unpaired) electrons. The van der Waals surface area contributed by atoms with Crippen molar-refractivity contribution in [2.75, 3.05) is 13.6 Å². The molecular formula is C32H29NO2S4. The molecule has 5 aromatic rings. The summed E-state index contributed by atoms with van der Waals surface area (Å²) in [6.07, 6.45) is 6.41. The van der Waals surface area contributed by atoms with Crippen LogP contribution in [-0.4, -0.2) is 30.2 Å². The van der Waals surface area contributed by atoms with E-state index in [-0.39, 0.29) is 18.2 Å². The predicted octanol–water partition coefficient (Wildman–Crippen LogP) is 9.99. The van der Waals surface area contributed by atoms with Crippen molar-refractivity contribution in [3.05, 3.63) is 82.7 Å². The lowest BCUT2D eigenvalue weighted by atomic mass is 9.95. The highest BCUT2D eigenvalue weighted by Gasteiger charge is 2.27. The maximum absolute atomic E-state index is 12.6. The number of fused-ring (bicyclic) bond motifs is 1. The SMILES string of the molecule is CCCCCCc1ccc(-c2ccc(-c3ccc(-c4ccc(-c5ccc6c(c5)C(=O)CN(C)C6=O)s4)s3)s2)s1. The first-order valence-corrected chi connectivity index (χ1v) is 16.6. The predicted molar refractivity (Wildman–Crippen MR) is 169 cm³/mol. The highest BCUT2D eigenvalue weighted by Crippen LogP contribution is 2.44. The Morgan fingerprint density at radius 2 is 1.21 bits per heavy atom. The van der Waals surface area contributed by atoms with E-state index in [0.717, 1.165) is 10.4 Å². The number of hydrogen-bond donors (Lipinski definition) is 0. The Hall–Kier alpha value is -2.84. The number of unbranched alkanes of at least 4 members (excludes halogenated alkanes) is 3. The summed E-state index contributed by atoms with van der Waals surface area (Å²) in [5.41, 5.74) is 2.01. The van der Waals surface area contributed by atoms with Gasteiger partial charge in [0.25, 0.3) is 5.91 Å². The standard InChI is InChI=1S/C32H29NO2S4/c1-3-4-5-6-7-21-9-11-26(36-21)27-14-15-30(38-27)31-17-16-29(39-31)28-13-12-25(37-28)20-8-10-22-23(18-20)24(34)19-33(2)32(22)35/h8-18H,3-7,19H2,1-2H3. The fourth-order valence-electron chi connectivity index (χ4n) is 4.89. The molecule has 1 aliphatic heterocycles. The summed E-state index contributed by atoms with van der Waals surface area (Å²) in [7, 11) is 1.67. The molecule has 3 nitrogen and oxygen atoms in total. The highest BCUT2D eigenvalue weighted by atomic mass is 32.1. The second-order valence-corrected chi connectivity index (χ2v) is 14.3. The van der Waals surface area contributed by atoms with E-state index in [9.17, 15) is 9.59 Å². The summed E-state index contributed by atoms with van der Waals surface area (Å²) >= 11 is 7.35. The Labute approximate surface area is 245 Å². The van der Waals surface area contributed by atoms with Crippen LogP contribution in [0, 0.1) is 0 Å².